The van der Waals surface area contributed by atoms with Gasteiger partial charge in [0.15, 0.2) is 0 Å². The largest absolute Gasteiger partial charge is 0.387 e. The van der Waals surface area contributed by atoms with Crippen LogP contribution in [-0.2, 0) is 4.74 Å². The Morgan fingerprint density at radius 2 is 1.95 bits per heavy atom. The second-order valence-corrected chi connectivity index (χ2v) is 5.07. The van der Waals surface area contributed by atoms with Crippen LogP contribution in [0, 0.1) is 0 Å². The molecular weight excluding hydrogens is 240 g/mol. The number of amidine groups is 1. The van der Waals surface area contributed by atoms with Crippen LogP contribution in [0.5, 0.6) is 0 Å². The van der Waals surface area contributed by atoms with Gasteiger partial charge < -0.3 is 20.3 Å². The van der Waals surface area contributed by atoms with E-state index in [1.165, 1.54) is 0 Å². The van der Waals surface area contributed by atoms with Gasteiger partial charge in [0.1, 0.15) is 0 Å². The van der Waals surface area contributed by atoms with E-state index in [9.17, 15) is 0 Å². The van der Waals surface area contributed by atoms with Gasteiger partial charge in [-0.3, -0.25) is 0 Å². The lowest BCUT2D eigenvalue weighted by Crippen LogP contribution is -2.34. The Kier molecular flexibility index (Phi) is 9.26. The predicted octanol–water partition coefficient (Wildman–Crippen LogP) is 1.51. The second kappa shape index (κ2) is 9.81. The molecule has 0 aliphatic carbocycles. The molecule has 112 valence electrons. The van der Waals surface area contributed by atoms with Crippen molar-refractivity contribution in [1.29, 1.82) is 0 Å². The lowest BCUT2D eigenvalue weighted by Gasteiger charge is -2.27. The average molecular weight is 270 g/mol. The minimum atomic E-state index is 0.533. The van der Waals surface area contributed by atoms with E-state index < -0.39 is 0 Å². The van der Waals surface area contributed by atoms with Crippen molar-refractivity contribution in [3.8, 4) is 0 Å². The van der Waals surface area contributed by atoms with Gasteiger partial charge in [-0.2, -0.15) is 0 Å². The summed E-state index contributed by atoms with van der Waals surface area (Å²) in [6.45, 7) is 8.82. The van der Waals surface area contributed by atoms with Gasteiger partial charge in [0.05, 0.1) is 12.4 Å². The van der Waals surface area contributed by atoms with Gasteiger partial charge in [0, 0.05) is 45.2 Å². The molecular formula is C14H30N4O. The molecule has 0 aliphatic heterocycles. The van der Waals surface area contributed by atoms with E-state index in [-0.39, 0.29) is 0 Å². The first-order chi connectivity index (χ1) is 8.88. The van der Waals surface area contributed by atoms with Crippen LogP contribution in [0.3, 0.4) is 0 Å². The van der Waals surface area contributed by atoms with Crippen molar-refractivity contribution >= 4 is 5.84 Å². The van der Waals surface area contributed by atoms with Crippen LogP contribution in [0.25, 0.3) is 0 Å². The van der Waals surface area contributed by atoms with E-state index in [4.69, 9.17) is 10.5 Å². The van der Waals surface area contributed by atoms with Gasteiger partial charge in [0.25, 0.3) is 0 Å². The third-order valence-corrected chi connectivity index (χ3v) is 3.34. The molecule has 0 saturated carbocycles. The van der Waals surface area contributed by atoms with Crippen LogP contribution in [0.2, 0.25) is 0 Å². The molecule has 0 amide bonds. The lowest BCUT2D eigenvalue weighted by molar-refractivity contribution is 0.137. The van der Waals surface area contributed by atoms with Crippen LogP contribution in [0.4, 0.5) is 0 Å². The first-order valence-electron chi connectivity index (χ1n) is 6.75. The molecule has 0 aromatic rings. The van der Waals surface area contributed by atoms with Crippen molar-refractivity contribution in [2.24, 2.45) is 10.7 Å². The molecule has 0 aromatic heterocycles. The van der Waals surface area contributed by atoms with Crippen molar-refractivity contribution in [2.75, 3.05) is 40.9 Å². The van der Waals surface area contributed by atoms with E-state index in [0.717, 1.165) is 31.8 Å². The summed E-state index contributed by atoms with van der Waals surface area (Å²) in [6.07, 6.45) is 2.92. The van der Waals surface area contributed by atoms with Gasteiger partial charge in [-0.15, -0.1) is 0 Å². The monoisotopic (exact) mass is 270 g/mol. The third kappa shape index (κ3) is 8.61. The van der Waals surface area contributed by atoms with Crippen LogP contribution < -0.4 is 5.73 Å². The highest BCUT2D eigenvalue weighted by molar-refractivity contribution is 5.77. The standard InChI is InChI=1S/C14H30N4O/c1-12(18(5)9-10-19-6)7-8-17(4)13(2)11-16-14(3)15/h11-12H,7-10H2,1-6H3,(H2,15,16)/b13-11+. The Labute approximate surface area is 118 Å². The minimum Gasteiger partial charge on any atom is -0.387 e. The van der Waals surface area contributed by atoms with Crippen LogP contribution in [0.1, 0.15) is 27.2 Å². The Hall–Kier alpha value is -1.07. The van der Waals surface area contributed by atoms with Gasteiger partial charge in [-0.25, -0.2) is 4.99 Å². The second-order valence-electron chi connectivity index (χ2n) is 5.07. The number of hydrogen-bond acceptors (Lipinski definition) is 4. The van der Waals surface area contributed by atoms with Crippen molar-refractivity contribution in [1.82, 2.24) is 9.80 Å². The number of likely N-dealkylation sites (N-methyl/N-ethyl adjacent to an activating group) is 1. The van der Waals surface area contributed by atoms with Crippen LogP contribution >= 0.6 is 0 Å². The van der Waals surface area contributed by atoms with E-state index in [1.54, 1.807) is 14.0 Å². The SMILES string of the molecule is COCCN(C)C(C)CCN(C)/C(C)=C/N=C(C)N. The van der Waals surface area contributed by atoms with Gasteiger partial charge in [0.2, 0.25) is 0 Å². The van der Waals surface area contributed by atoms with Gasteiger partial charge >= 0.3 is 0 Å². The van der Waals surface area contributed by atoms with Crippen molar-refractivity contribution in [2.45, 2.75) is 33.2 Å². The fourth-order valence-electron chi connectivity index (χ4n) is 1.53. The average Bonchev–Trinajstić information content (AvgIpc) is 2.38. The molecule has 5 nitrogen and oxygen atoms in total. The molecule has 0 saturated heterocycles. The number of nitrogens with zero attached hydrogens (tertiary/aromatic N) is 3. The number of ether oxygens (including phenoxy) is 1. The van der Waals surface area contributed by atoms with Crippen LogP contribution in [-0.4, -0.2) is 62.6 Å². The van der Waals surface area contributed by atoms with E-state index >= 15 is 0 Å². The van der Waals surface area contributed by atoms with Gasteiger partial charge in [-0.1, -0.05) is 0 Å². The number of nitrogens with two attached hydrogens (primary N) is 1. The fraction of sp³-hybridized carbons (Fsp3) is 0.786. The first kappa shape index (κ1) is 17.9. The summed E-state index contributed by atoms with van der Waals surface area (Å²) >= 11 is 0. The first-order valence-corrected chi connectivity index (χ1v) is 6.75. The predicted molar refractivity (Wildman–Crippen MR) is 82.3 cm³/mol. The summed E-state index contributed by atoms with van der Waals surface area (Å²) in [4.78, 5) is 8.63. The summed E-state index contributed by atoms with van der Waals surface area (Å²) in [5, 5.41) is 0. The zero-order chi connectivity index (χ0) is 14.8. The van der Waals surface area contributed by atoms with Crippen molar-refractivity contribution in [3.05, 3.63) is 11.9 Å². The topological polar surface area (TPSA) is 54.1 Å². The third-order valence-electron chi connectivity index (χ3n) is 3.34. The Morgan fingerprint density at radius 3 is 2.47 bits per heavy atom. The molecule has 0 heterocycles. The minimum absolute atomic E-state index is 0.533. The number of allylic oxidation sites excluding steroid dienone is 1. The van der Waals surface area contributed by atoms with E-state index in [0.29, 0.717) is 11.9 Å². The lowest BCUT2D eigenvalue weighted by atomic mass is 10.2. The van der Waals surface area contributed by atoms with Gasteiger partial charge in [-0.05, 0) is 34.2 Å². The maximum absolute atomic E-state index is 5.52. The summed E-state index contributed by atoms with van der Waals surface area (Å²) in [5.41, 5.74) is 6.64. The maximum Gasteiger partial charge on any atom is 0.0958 e. The maximum atomic E-state index is 5.52. The molecule has 5 heteroatoms. The van der Waals surface area contributed by atoms with Crippen molar-refractivity contribution < 1.29 is 4.74 Å². The highest BCUT2D eigenvalue weighted by Gasteiger charge is 2.10. The molecule has 2 N–H and O–H groups in total. The smallest absolute Gasteiger partial charge is 0.0958 e. The highest BCUT2D eigenvalue weighted by Crippen LogP contribution is 2.06. The summed E-state index contributed by atoms with van der Waals surface area (Å²) in [6, 6.07) is 0.533. The molecule has 0 rings (SSSR count). The van der Waals surface area contributed by atoms with E-state index in [1.807, 2.05) is 13.1 Å². The number of hydrogen-bond donors (Lipinski definition) is 1. The molecule has 0 spiro atoms. The molecule has 0 radical (unpaired) electrons. The Balaban J connectivity index is 4.10. The summed E-state index contributed by atoms with van der Waals surface area (Å²) < 4.78 is 5.09. The molecule has 1 atom stereocenters. The molecule has 19 heavy (non-hydrogen) atoms. The van der Waals surface area contributed by atoms with E-state index in [2.05, 4.69) is 35.8 Å². The Bertz CT molecular complexity index is 298. The zero-order valence-electron chi connectivity index (χ0n) is 13.3. The molecule has 0 bridgehead atoms. The molecule has 0 fully saturated rings. The number of rotatable bonds is 9. The fourth-order valence-corrected chi connectivity index (χ4v) is 1.53. The number of methoxy groups -OCH3 is 1. The normalized spacial score (nSPS) is 14.9. The zero-order valence-corrected chi connectivity index (χ0v) is 13.3. The van der Waals surface area contributed by atoms with Crippen LogP contribution in [0.15, 0.2) is 16.9 Å². The van der Waals surface area contributed by atoms with Crippen molar-refractivity contribution in [3.63, 3.8) is 0 Å². The summed E-state index contributed by atoms with van der Waals surface area (Å²) in [7, 11) is 5.95. The number of aliphatic imine (C=N–C) groups is 1. The quantitative estimate of drug-likeness (QED) is 0.510. The highest BCUT2D eigenvalue weighted by atomic mass is 16.5. The Morgan fingerprint density at radius 1 is 1.32 bits per heavy atom. The summed E-state index contributed by atoms with van der Waals surface area (Å²) in [5.74, 6) is 0.584. The molecule has 0 aliphatic rings. The molecule has 0 aromatic carbocycles. The molecule has 1 unspecified atom stereocenters.